The zero-order valence-corrected chi connectivity index (χ0v) is 19.0. The van der Waals surface area contributed by atoms with E-state index in [4.69, 9.17) is 28.6 Å². The van der Waals surface area contributed by atoms with Gasteiger partial charge in [-0.1, -0.05) is 17.7 Å². The van der Waals surface area contributed by atoms with Crippen molar-refractivity contribution < 1.29 is 9.53 Å². The molecule has 0 spiro atoms. The van der Waals surface area contributed by atoms with Crippen molar-refractivity contribution in [1.29, 1.82) is 0 Å². The molecule has 1 saturated heterocycles. The number of halogens is 1. The molecule has 0 saturated carbocycles. The van der Waals surface area contributed by atoms with Crippen LogP contribution in [0.4, 0.5) is 5.69 Å². The topological polar surface area (TPSA) is 66.4 Å². The van der Waals surface area contributed by atoms with Crippen LogP contribution in [0.25, 0.3) is 11.4 Å². The number of rotatable bonds is 5. The number of ether oxygens (including phenoxy) is 1. The highest BCUT2D eigenvalue weighted by Gasteiger charge is 2.23. The summed E-state index contributed by atoms with van der Waals surface area (Å²) in [5.41, 5.74) is 3.17. The third-order valence-corrected chi connectivity index (χ3v) is 6.09. The molecule has 2 aromatic carbocycles. The minimum absolute atomic E-state index is 0.0229. The fourth-order valence-corrected chi connectivity index (χ4v) is 4.14. The average molecular weight is 458 g/mol. The van der Waals surface area contributed by atoms with Gasteiger partial charge in [-0.15, -0.1) is 0 Å². The van der Waals surface area contributed by atoms with Crippen LogP contribution in [0.3, 0.4) is 0 Å². The summed E-state index contributed by atoms with van der Waals surface area (Å²) in [5.74, 6) is 1.41. The van der Waals surface area contributed by atoms with Crippen molar-refractivity contribution in [1.82, 2.24) is 19.7 Å². The number of piperazine rings is 1. The van der Waals surface area contributed by atoms with Crippen molar-refractivity contribution in [2.75, 3.05) is 38.2 Å². The third kappa shape index (κ3) is 4.60. The number of aromatic amines is 1. The standard InChI is InChI=1S/C22H24ClN5O2S/c1-15-3-6-17(23)13-19(15)26-9-11-27(12-10-26)20(29)14-28-21(24-25-22(28)31)16-4-7-18(30-2)8-5-16/h3-8,13H,9-12,14H2,1-2H3,(H,25,31). The van der Waals surface area contributed by atoms with E-state index in [1.807, 2.05) is 47.4 Å². The average Bonchev–Trinajstić information content (AvgIpc) is 3.15. The van der Waals surface area contributed by atoms with Gasteiger partial charge in [0, 0.05) is 42.5 Å². The number of H-pyrrole nitrogens is 1. The van der Waals surface area contributed by atoms with Crippen LogP contribution in [0.2, 0.25) is 5.02 Å². The highest BCUT2D eigenvalue weighted by Crippen LogP contribution is 2.26. The van der Waals surface area contributed by atoms with E-state index in [1.54, 1.807) is 11.7 Å². The number of hydrogen-bond acceptors (Lipinski definition) is 5. The summed E-state index contributed by atoms with van der Waals surface area (Å²) in [6, 6.07) is 13.4. The predicted octanol–water partition coefficient (Wildman–Crippen LogP) is 3.93. The van der Waals surface area contributed by atoms with Crippen molar-refractivity contribution in [3.8, 4) is 17.1 Å². The molecule has 0 bridgehead atoms. The van der Waals surface area contributed by atoms with Gasteiger partial charge in [0.05, 0.1) is 7.11 Å². The zero-order chi connectivity index (χ0) is 22.0. The van der Waals surface area contributed by atoms with Crippen LogP contribution in [-0.4, -0.2) is 58.9 Å². The quantitative estimate of drug-likeness (QED) is 0.588. The summed E-state index contributed by atoms with van der Waals surface area (Å²) in [4.78, 5) is 17.2. The smallest absolute Gasteiger partial charge is 0.242 e. The fraction of sp³-hybridized carbons (Fsp3) is 0.318. The number of anilines is 1. The first-order valence-corrected chi connectivity index (χ1v) is 10.8. The lowest BCUT2D eigenvalue weighted by Gasteiger charge is -2.37. The molecule has 162 valence electrons. The Morgan fingerprint density at radius 3 is 2.55 bits per heavy atom. The second-order valence-electron chi connectivity index (χ2n) is 7.47. The summed E-state index contributed by atoms with van der Waals surface area (Å²) in [6.45, 7) is 5.03. The van der Waals surface area contributed by atoms with E-state index in [2.05, 4.69) is 22.0 Å². The lowest BCUT2D eigenvalue weighted by Crippen LogP contribution is -2.49. The number of aromatic nitrogens is 3. The van der Waals surface area contributed by atoms with Crippen molar-refractivity contribution in [3.63, 3.8) is 0 Å². The molecular weight excluding hydrogens is 434 g/mol. The van der Waals surface area contributed by atoms with Crippen LogP contribution in [-0.2, 0) is 11.3 Å². The summed E-state index contributed by atoms with van der Waals surface area (Å²) in [7, 11) is 1.62. The van der Waals surface area contributed by atoms with Crippen LogP contribution >= 0.6 is 23.8 Å². The highest BCUT2D eigenvalue weighted by atomic mass is 35.5. The molecule has 7 nitrogen and oxygen atoms in total. The van der Waals surface area contributed by atoms with Crippen LogP contribution in [0, 0.1) is 11.7 Å². The number of aryl methyl sites for hydroxylation is 1. The third-order valence-electron chi connectivity index (χ3n) is 5.54. The van der Waals surface area contributed by atoms with E-state index >= 15 is 0 Å². The Kier molecular flexibility index (Phi) is 6.29. The number of methoxy groups -OCH3 is 1. The molecule has 1 aromatic heterocycles. The van der Waals surface area contributed by atoms with Gasteiger partial charge in [-0.2, -0.15) is 5.10 Å². The van der Waals surface area contributed by atoms with Crippen molar-refractivity contribution in [2.24, 2.45) is 0 Å². The van der Waals surface area contributed by atoms with Crippen LogP contribution < -0.4 is 9.64 Å². The molecule has 9 heteroatoms. The van der Waals surface area contributed by atoms with Gasteiger partial charge in [0.2, 0.25) is 5.91 Å². The van der Waals surface area contributed by atoms with Gasteiger partial charge in [0.1, 0.15) is 12.3 Å². The van der Waals surface area contributed by atoms with E-state index in [9.17, 15) is 4.79 Å². The Morgan fingerprint density at radius 1 is 1.16 bits per heavy atom. The summed E-state index contributed by atoms with van der Waals surface area (Å²) < 4.78 is 7.38. The number of hydrogen-bond donors (Lipinski definition) is 1. The monoisotopic (exact) mass is 457 g/mol. The first-order chi connectivity index (χ1) is 15.0. The van der Waals surface area contributed by atoms with Gasteiger partial charge < -0.3 is 14.5 Å². The summed E-state index contributed by atoms with van der Waals surface area (Å²) in [6.07, 6.45) is 0. The molecule has 1 aliphatic rings. The van der Waals surface area contributed by atoms with Crippen LogP contribution in [0.1, 0.15) is 5.56 Å². The zero-order valence-electron chi connectivity index (χ0n) is 17.5. The Balaban J connectivity index is 1.44. The minimum atomic E-state index is 0.0229. The first kappa shape index (κ1) is 21.4. The fourth-order valence-electron chi connectivity index (χ4n) is 3.78. The number of nitrogens with one attached hydrogen (secondary N) is 1. The Morgan fingerprint density at radius 2 is 1.87 bits per heavy atom. The molecule has 1 N–H and O–H groups in total. The van der Waals surface area contributed by atoms with Gasteiger partial charge in [0.15, 0.2) is 10.6 Å². The largest absolute Gasteiger partial charge is 0.497 e. The van der Waals surface area contributed by atoms with Crippen molar-refractivity contribution in [3.05, 3.63) is 57.8 Å². The maximum absolute atomic E-state index is 13.0. The van der Waals surface area contributed by atoms with E-state index < -0.39 is 0 Å². The Hall–Kier alpha value is -2.84. The van der Waals surface area contributed by atoms with Crippen molar-refractivity contribution >= 4 is 35.4 Å². The Labute approximate surface area is 191 Å². The Bertz CT molecular complexity index is 1130. The molecule has 1 amide bonds. The van der Waals surface area contributed by atoms with Crippen LogP contribution in [0.5, 0.6) is 5.75 Å². The van der Waals surface area contributed by atoms with E-state index in [1.165, 1.54) is 5.56 Å². The summed E-state index contributed by atoms with van der Waals surface area (Å²) in [5, 5.41) is 7.85. The molecule has 1 aliphatic heterocycles. The highest BCUT2D eigenvalue weighted by molar-refractivity contribution is 7.71. The van der Waals surface area contributed by atoms with Gasteiger partial charge >= 0.3 is 0 Å². The second-order valence-corrected chi connectivity index (χ2v) is 8.29. The molecule has 3 aromatic rings. The maximum Gasteiger partial charge on any atom is 0.242 e. The molecule has 0 radical (unpaired) electrons. The van der Waals surface area contributed by atoms with Gasteiger partial charge in [-0.05, 0) is 61.1 Å². The molecule has 2 heterocycles. The van der Waals surface area contributed by atoms with Gasteiger partial charge in [-0.25, -0.2) is 0 Å². The number of carbonyl (C=O) groups excluding carboxylic acids is 1. The number of carbonyl (C=O) groups is 1. The number of nitrogens with zero attached hydrogens (tertiary/aromatic N) is 4. The molecular formula is C22H24ClN5O2S. The number of amides is 1. The molecule has 0 atom stereocenters. The van der Waals surface area contributed by atoms with E-state index in [0.717, 1.165) is 35.1 Å². The molecule has 0 aliphatic carbocycles. The number of benzene rings is 2. The molecule has 4 rings (SSSR count). The first-order valence-electron chi connectivity index (χ1n) is 10.0. The van der Waals surface area contributed by atoms with E-state index in [0.29, 0.717) is 23.7 Å². The lowest BCUT2D eigenvalue weighted by atomic mass is 10.1. The molecule has 0 unspecified atom stereocenters. The molecule has 31 heavy (non-hydrogen) atoms. The predicted molar refractivity (Wildman–Crippen MR) is 124 cm³/mol. The van der Waals surface area contributed by atoms with Gasteiger partial charge in [-0.3, -0.25) is 14.5 Å². The maximum atomic E-state index is 13.0. The lowest BCUT2D eigenvalue weighted by molar-refractivity contribution is -0.132. The van der Waals surface area contributed by atoms with Gasteiger partial charge in [0.25, 0.3) is 0 Å². The normalized spacial score (nSPS) is 14.0. The van der Waals surface area contributed by atoms with Crippen LogP contribution in [0.15, 0.2) is 42.5 Å². The minimum Gasteiger partial charge on any atom is -0.497 e. The molecule has 1 fully saturated rings. The summed E-state index contributed by atoms with van der Waals surface area (Å²) >= 11 is 11.6. The second kappa shape index (κ2) is 9.11. The van der Waals surface area contributed by atoms with Crippen molar-refractivity contribution in [2.45, 2.75) is 13.5 Å². The SMILES string of the molecule is COc1ccc(-c2n[nH]c(=S)n2CC(=O)N2CCN(c3cc(Cl)ccc3C)CC2)cc1. The van der Waals surface area contributed by atoms with E-state index in [-0.39, 0.29) is 12.5 Å².